The first-order valence-corrected chi connectivity index (χ1v) is 9.88. The Morgan fingerprint density at radius 3 is 2.76 bits per heavy atom. The zero-order valence-corrected chi connectivity index (χ0v) is 16.4. The fourth-order valence-corrected chi connectivity index (χ4v) is 4.18. The summed E-state index contributed by atoms with van der Waals surface area (Å²) in [7, 11) is 0. The molecule has 3 aromatic rings. The Kier molecular flexibility index (Phi) is 4.35. The van der Waals surface area contributed by atoms with Gasteiger partial charge in [0, 0.05) is 43.3 Å². The maximum Gasteiger partial charge on any atom is 0.158 e. The van der Waals surface area contributed by atoms with Gasteiger partial charge >= 0.3 is 0 Å². The smallest absolute Gasteiger partial charge is 0.158 e. The van der Waals surface area contributed by atoms with Crippen LogP contribution >= 0.6 is 0 Å². The summed E-state index contributed by atoms with van der Waals surface area (Å²) in [5.74, 6) is 2.45. The van der Waals surface area contributed by atoms with Crippen LogP contribution in [0.1, 0.15) is 18.4 Å². The third kappa shape index (κ3) is 3.29. The number of nitrogens with one attached hydrogen (secondary N) is 1. The molecule has 3 aliphatic rings. The van der Waals surface area contributed by atoms with Crippen molar-refractivity contribution < 1.29 is 0 Å². The summed E-state index contributed by atoms with van der Waals surface area (Å²) in [6.07, 6.45) is 9.12. The standard InChI is InChI=1S/C22H23N7/c1-15-11-17(13-24-12-15)19-3-4-20-22(27-19)29(18-6-9-28(20)10-7-18)16(2)26-21-5-8-23-14-25-21/h3-5,8,11-14,18H,2,6-7,9-10H2,1H3,(H,23,25,26). The summed E-state index contributed by atoms with van der Waals surface area (Å²) in [6.45, 7) is 8.44. The number of anilines is 3. The molecule has 6 heterocycles. The molecular formula is C22H23N7. The van der Waals surface area contributed by atoms with E-state index in [2.05, 4.69) is 54.8 Å². The lowest BCUT2D eigenvalue weighted by atomic mass is 10.1. The predicted molar refractivity (Wildman–Crippen MR) is 115 cm³/mol. The van der Waals surface area contributed by atoms with Crippen molar-refractivity contribution in [1.82, 2.24) is 19.9 Å². The van der Waals surface area contributed by atoms with Crippen LogP contribution in [0.25, 0.3) is 11.3 Å². The third-order valence-corrected chi connectivity index (χ3v) is 5.57. The highest BCUT2D eigenvalue weighted by molar-refractivity contribution is 5.76. The van der Waals surface area contributed by atoms with Gasteiger partial charge in [0.25, 0.3) is 0 Å². The van der Waals surface area contributed by atoms with E-state index in [1.807, 2.05) is 25.4 Å². The van der Waals surface area contributed by atoms with E-state index in [0.29, 0.717) is 6.04 Å². The maximum atomic E-state index is 5.08. The minimum atomic E-state index is 0.354. The number of aromatic nitrogens is 4. The molecule has 7 nitrogen and oxygen atoms in total. The molecule has 0 amide bonds. The Morgan fingerprint density at radius 1 is 1.14 bits per heavy atom. The quantitative estimate of drug-likeness (QED) is 0.735. The molecule has 2 bridgehead atoms. The molecule has 0 radical (unpaired) electrons. The molecule has 0 aliphatic carbocycles. The van der Waals surface area contributed by atoms with Crippen molar-refractivity contribution in [3.05, 3.63) is 67.1 Å². The number of piperidine rings is 1. The molecule has 0 atom stereocenters. The zero-order valence-electron chi connectivity index (χ0n) is 16.4. The normalized spacial score (nSPS) is 15.8. The minimum Gasteiger partial charge on any atom is -0.368 e. The third-order valence-electron chi connectivity index (χ3n) is 5.57. The number of pyridine rings is 2. The molecule has 7 heteroatoms. The number of fused-ring (bicyclic) bond motifs is 2. The highest BCUT2D eigenvalue weighted by atomic mass is 15.4. The highest BCUT2D eigenvalue weighted by Gasteiger charge is 2.35. The second-order valence-electron chi connectivity index (χ2n) is 7.54. The number of rotatable bonds is 4. The lowest BCUT2D eigenvalue weighted by Gasteiger charge is -2.34. The van der Waals surface area contributed by atoms with Crippen LogP contribution in [0.15, 0.2) is 61.6 Å². The Bertz CT molecular complexity index is 1040. The van der Waals surface area contributed by atoms with E-state index in [0.717, 1.165) is 65.9 Å². The van der Waals surface area contributed by atoms with Crippen molar-refractivity contribution in [2.45, 2.75) is 25.8 Å². The van der Waals surface area contributed by atoms with Crippen LogP contribution in [0.5, 0.6) is 0 Å². The first kappa shape index (κ1) is 17.6. The monoisotopic (exact) mass is 385 g/mol. The van der Waals surface area contributed by atoms with Crippen LogP contribution < -0.4 is 15.1 Å². The van der Waals surface area contributed by atoms with Crippen LogP contribution in [-0.2, 0) is 0 Å². The Balaban J connectivity index is 1.57. The van der Waals surface area contributed by atoms with Crippen LogP contribution in [0.2, 0.25) is 0 Å². The van der Waals surface area contributed by atoms with E-state index in [1.165, 1.54) is 6.33 Å². The zero-order chi connectivity index (χ0) is 19.8. The lowest BCUT2D eigenvalue weighted by molar-refractivity contribution is 0.500. The van der Waals surface area contributed by atoms with Crippen molar-refractivity contribution in [3.63, 3.8) is 0 Å². The molecule has 146 valence electrons. The summed E-state index contributed by atoms with van der Waals surface area (Å²) < 4.78 is 0. The van der Waals surface area contributed by atoms with Crippen molar-refractivity contribution in [2.24, 2.45) is 0 Å². The molecule has 0 aromatic carbocycles. The van der Waals surface area contributed by atoms with Gasteiger partial charge in [0.05, 0.1) is 11.4 Å². The van der Waals surface area contributed by atoms with E-state index in [4.69, 9.17) is 4.98 Å². The van der Waals surface area contributed by atoms with Crippen LogP contribution in [0.3, 0.4) is 0 Å². The molecular weight excluding hydrogens is 362 g/mol. The first-order chi connectivity index (χ1) is 14.2. The number of aryl methyl sites for hydroxylation is 1. The average molecular weight is 385 g/mol. The lowest BCUT2D eigenvalue weighted by Crippen LogP contribution is -2.41. The maximum absolute atomic E-state index is 5.08. The molecule has 3 aliphatic heterocycles. The summed E-state index contributed by atoms with van der Waals surface area (Å²) in [5, 5.41) is 3.34. The van der Waals surface area contributed by atoms with Crippen molar-refractivity contribution in [3.8, 4) is 11.3 Å². The molecule has 1 N–H and O–H groups in total. The van der Waals surface area contributed by atoms with Gasteiger partial charge in [-0.2, -0.15) is 0 Å². The fraction of sp³-hybridized carbons (Fsp3) is 0.273. The van der Waals surface area contributed by atoms with Crippen LogP contribution in [0.4, 0.5) is 17.3 Å². The van der Waals surface area contributed by atoms with E-state index in [1.54, 1.807) is 6.20 Å². The SMILES string of the molecule is C=C(Nc1ccncn1)N1c2nc(-c3cncc(C)c3)ccc2N2CCC1CC2. The second kappa shape index (κ2) is 7.16. The largest absolute Gasteiger partial charge is 0.368 e. The molecule has 0 spiro atoms. The Labute approximate surface area is 170 Å². The molecule has 1 saturated heterocycles. The summed E-state index contributed by atoms with van der Waals surface area (Å²) in [5.41, 5.74) is 4.21. The van der Waals surface area contributed by atoms with E-state index in [9.17, 15) is 0 Å². The average Bonchev–Trinajstić information content (AvgIpc) is 3.00. The molecule has 6 rings (SSSR count). The number of hydrogen-bond acceptors (Lipinski definition) is 7. The van der Waals surface area contributed by atoms with E-state index < -0.39 is 0 Å². The van der Waals surface area contributed by atoms with Gasteiger partial charge in [-0.15, -0.1) is 0 Å². The van der Waals surface area contributed by atoms with Gasteiger partial charge in [-0.25, -0.2) is 15.0 Å². The van der Waals surface area contributed by atoms with Gasteiger partial charge in [0.1, 0.15) is 18.0 Å². The van der Waals surface area contributed by atoms with Gasteiger partial charge in [-0.05, 0) is 49.6 Å². The minimum absolute atomic E-state index is 0.354. The highest BCUT2D eigenvalue weighted by Crippen LogP contribution is 2.40. The summed E-state index contributed by atoms with van der Waals surface area (Å²) in [4.78, 5) is 22.4. The molecule has 29 heavy (non-hydrogen) atoms. The summed E-state index contributed by atoms with van der Waals surface area (Å²) >= 11 is 0. The molecule has 0 saturated carbocycles. The first-order valence-electron chi connectivity index (χ1n) is 9.88. The van der Waals surface area contributed by atoms with Gasteiger partial charge in [0.2, 0.25) is 0 Å². The van der Waals surface area contributed by atoms with Crippen LogP contribution in [-0.4, -0.2) is 39.1 Å². The Morgan fingerprint density at radius 2 is 2.00 bits per heavy atom. The van der Waals surface area contributed by atoms with E-state index in [-0.39, 0.29) is 0 Å². The summed E-state index contributed by atoms with van der Waals surface area (Å²) in [6, 6.07) is 8.58. The molecule has 0 unspecified atom stereocenters. The van der Waals surface area contributed by atoms with Gasteiger partial charge in [-0.1, -0.05) is 6.58 Å². The van der Waals surface area contributed by atoms with Crippen molar-refractivity contribution in [2.75, 3.05) is 28.2 Å². The number of hydrogen-bond donors (Lipinski definition) is 1. The van der Waals surface area contributed by atoms with Crippen LogP contribution in [0, 0.1) is 6.92 Å². The van der Waals surface area contributed by atoms with E-state index >= 15 is 0 Å². The van der Waals surface area contributed by atoms with Gasteiger partial charge in [0.15, 0.2) is 5.82 Å². The Hall–Kier alpha value is -3.48. The predicted octanol–water partition coefficient (Wildman–Crippen LogP) is 3.61. The van der Waals surface area contributed by atoms with Gasteiger partial charge < -0.3 is 15.1 Å². The second-order valence-corrected chi connectivity index (χ2v) is 7.54. The number of nitrogens with zero attached hydrogens (tertiary/aromatic N) is 6. The topological polar surface area (TPSA) is 70.1 Å². The van der Waals surface area contributed by atoms with Crippen molar-refractivity contribution in [1.29, 1.82) is 0 Å². The molecule has 3 aromatic heterocycles. The molecule has 1 fully saturated rings. The van der Waals surface area contributed by atoms with Gasteiger partial charge in [-0.3, -0.25) is 4.98 Å². The van der Waals surface area contributed by atoms with Crippen molar-refractivity contribution >= 4 is 17.3 Å². The fourth-order valence-electron chi connectivity index (χ4n) is 4.18.